The maximum Gasteiger partial charge on any atom is 0.0951 e. The van der Waals surface area contributed by atoms with Crippen LogP contribution in [0.15, 0.2) is 54.7 Å². The minimum atomic E-state index is 0.667. The van der Waals surface area contributed by atoms with Gasteiger partial charge in [0.15, 0.2) is 0 Å². The fourth-order valence-electron chi connectivity index (χ4n) is 2.01. The fraction of sp³-hybridized carbons (Fsp3) is 0. The topological polar surface area (TPSA) is 50.9 Å². The molecular weight excluding hydrogens is 258 g/mol. The molecule has 0 radical (unpaired) electrons. The molecule has 0 aliphatic carbocycles. The third kappa shape index (κ3) is 2.20. The van der Waals surface area contributed by atoms with Gasteiger partial charge in [-0.05, 0) is 36.4 Å². The number of hydrogen-bond donors (Lipinski definition) is 2. The number of benzene rings is 2. The van der Waals surface area contributed by atoms with Crippen molar-refractivity contribution in [2.24, 2.45) is 0 Å². The predicted octanol–water partition coefficient (Wildman–Crippen LogP) is 4.21. The monoisotopic (exact) mass is 269 g/mol. The number of nitrogens with zero attached hydrogens (tertiary/aromatic N) is 1. The van der Waals surface area contributed by atoms with E-state index in [0.29, 0.717) is 10.7 Å². The van der Waals surface area contributed by atoms with Crippen LogP contribution in [0.25, 0.3) is 10.9 Å². The van der Waals surface area contributed by atoms with E-state index in [1.54, 1.807) is 6.20 Å². The van der Waals surface area contributed by atoms with Crippen LogP contribution in [-0.2, 0) is 0 Å². The van der Waals surface area contributed by atoms with Gasteiger partial charge in [-0.15, -0.1) is 0 Å². The molecule has 0 saturated carbocycles. The van der Waals surface area contributed by atoms with Crippen molar-refractivity contribution in [1.82, 2.24) is 4.98 Å². The van der Waals surface area contributed by atoms with Gasteiger partial charge >= 0.3 is 0 Å². The van der Waals surface area contributed by atoms with Crippen LogP contribution in [0.3, 0.4) is 0 Å². The third-order valence-corrected chi connectivity index (χ3v) is 3.27. The minimum Gasteiger partial charge on any atom is -0.397 e. The standard InChI is InChI=1S/C15H12ClN3/c16-11-5-1-2-6-14(11)19-13-8-7-12(17)15-10(13)4-3-9-18-15/h1-9,19H,17H2. The van der Waals surface area contributed by atoms with Crippen LogP contribution >= 0.6 is 11.6 Å². The number of halogens is 1. The van der Waals surface area contributed by atoms with Crippen LogP contribution in [0.2, 0.25) is 5.02 Å². The van der Waals surface area contributed by atoms with Gasteiger partial charge in [-0.25, -0.2) is 0 Å². The van der Waals surface area contributed by atoms with Crippen LogP contribution in [-0.4, -0.2) is 4.98 Å². The highest BCUT2D eigenvalue weighted by atomic mass is 35.5. The average Bonchev–Trinajstić information content (AvgIpc) is 2.44. The second-order valence-electron chi connectivity index (χ2n) is 4.21. The molecule has 1 heterocycles. The van der Waals surface area contributed by atoms with Crippen LogP contribution in [0, 0.1) is 0 Å². The first-order chi connectivity index (χ1) is 9.25. The van der Waals surface area contributed by atoms with E-state index in [9.17, 15) is 0 Å². The Balaban J connectivity index is 2.12. The van der Waals surface area contributed by atoms with Crippen molar-refractivity contribution in [2.45, 2.75) is 0 Å². The summed E-state index contributed by atoms with van der Waals surface area (Å²) in [7, 11) is 0. The Bertz CT molecular complexity index is 740. The van der Waals surface area contributed by atoms with E-state index in [0.717, 1.165) is 22.3 Å². The van der Waals surface area contributed by atoms with Crippen molar-refractivity contribution in [3.8, 4) is 0 Å². The minimum absolute atomic E-state index is 0.667. The van der Waals surface area contributed by atoms with E-state index in [1.165, 1.54) is 0 Å². The van der Waals surface area contributed by atoms with E-state index < -0.39 is 0 Å². The van der Waals surface area contributed by atoms with Gasteiger partial charge in [0.2, 0.25) is 0 Å². The lowest BCUT2D eigenvalue weighted by molar-refractivity contribution is 1.41. The first-order valence-electron chi connectivity index (χ1n) is 5.90. The van der Waals surface area contributed by atoms with Gasteiger partial charge in [0, 0.05) is 17.3 Å². The summed E-state index contributed by atoms with van der Waals surface area (Å²) in [4.78, 5) is 4.31. The highest BCUT2D eigenvalue weighted by molar-refractivity contribution is 6.33. The SMILES string of the molecule is Nc1ccc(Nc2ccccc2Cl)c2cccnc12. The number of nitrogen functional groups attached to an aromatic ring is 1. The zero-order chi connectivity index (χ0) is 13.2. The molecule has 0 saturated heterocycles. The lowest BCUT2D eigenvalue weighted by Crippen LogP contribution is -1.95. The molecule has 2 aromatic carbocycles. The normalized spacial score (nSPS) is 10.6. The summed E-state index contributed by atoms with van der Waals surface area (Å²) in [5, 5.41) is 4.97. The first-order valence-corrected chi connectivity index (χ1v) is 6.28. The van der Waals surface area contributed by atoms with Crippen molar-refractivity contribution < 1.29 is 0 Å². The van der Waals surface area contributed by atoms with E-state index in [-0.39, 0.29) is 0 Å². The summed E-state index contributed by atoms with van der Waals surface area (Å²) in [5.41, 5.74) is 9.19. The number of nitrogens with two attached hydrogens (primary N) is 1. The van der Waals surface area contributed by atoms with Crippen LogP contribution < -0.4 is 11.1 Å². The second kappa shape index (κ2) is 4.78. The molecule has 3 aromatic rings. The molecule has 3 rings (SSSR count). The maximum atomic E-state index is 6.15. The molecule has 19 heavy (non-hydrogen) atoms. The first kappa shape index (κ1) is 11.8. The van der Waals surface area contributed by atoms with Crippen molar-refractivity contribution >= 4 is 39.6 Å². The number of fused-ring (bicyclic) bond motifs is 1. The number of aromatic nitrogens is 1. The van der Waals surface area contributed by atoms with Gasteiger partial charge in [-0.2, -0.15) is 0 Å². The summed E-state index contributed by atoms with van der Waals surface area (Å²) in [5.74, 6) is 0. The lowest BCUT2D eigenvalue weighted by Gasteiger charge is -2.11. The smallest absolute Gasteiger partial charge is 0.0951 e. The largest absolute Gasteiger partial charge is 0.397 e. The highest BCUT2D eigenvalue weighted by Crippen LogP contribution is 2.31. The summed E-state index contributed by atoms with van der Waals surface area (Å²) in [6, 6.07) is 15.3. The molecule has 0 aliphatic rings. The number of anilines is 3. The van der Waals surface area contributed by atoms with Crippen molar-refractivity contribution in [3.05, 3.63) is 59.8 Å². The molecule has 3 nitrogen and oxygen atoms in total. The molecule has 0 bridgehead atoms. The molecule has 94 valence electrons. The Morgan fingerprint density at radius 2 is 1.79 bits per heavy atom. The zero-order valence-electron chi connectivity index (χ0n) is 10.1. The lowest BCUT2D eigenvalue weighted by atomic mass is 10.1. The fourth-order valence-corrected chi connectivity index (χ4v) is 2.19. The third-order valence-electron chi connectivity index (χ3n) is 2.94. The summed E-state index contributed by atoms with van der Waals surface area (Å²) in [6.45, 7) is 0. The Kier molecular flexibility index (Phi) is 2.97. The quantitative estimate of drug-likeness (QED) is 0.685. The molecule has 0 spiro atoms. The molecule has 0 amide bonds. The summed E-state index contributed by atoms with van der Waals surface area (Å²) >= 11 is 6.15. The Hall–Kier alpha value is -2.26. The van der Waals surface area contributed by atoms with Gasteiger partial charge in [0.25, 0.3) is 0 Å². The molecule has 1 aromatic heterocycles. The molecule has 0 unspecified atom stereocenters. The summed E-state index contributed by atoms with van der Waals surface area (Å²) < 4.78 is 0. The van der Waals surface area contributed by atoms with E-state index >= 15 is 0 Å². The highest BCUT2D eigenvalue weighted by Gasteiger charge is 2.06. The molecule has 4 heteroatoms. The predicted molar refractivity (Wildman–Crippen MR) is 80.9 cm³/mol. The zero-order valence-corrected chi connectivity index (χ0v) is 10.9. The van der Waals surface area contributed by atoms with Crippen molar-refractivity contribution in [1.29, 1.82) is 0 Å². The van der Waals surface area contributed by atoms with Gasteiger partial charge in [0.1, 0.15) is 0 Å². The van der Waals surface area contributed by atoms with E-state index in [2.05, 4.69) is 10.3 Å². The number of para-hydroxylation sites is 1. The number of nitrogens with one attached hydrogen (secondary N) is 1. The van der Waals surface area contributed by atoms with E-state index in [1.807, 2.05) is 48.5 Å². The van der Waals surface area contributed by atoms with Crippen LogP contribution in [0.5, 0.6) is 0 Å². The van der Waals surface area contributed by atoms with Crippen LogP contribution in [0.4, 0.5) is 17.1 Å². The van der Waals surface area contributed by atoms with E-state index in [4.69, 9.17) is 17.3 Å². The second-order valence-corrected chi connectivity index (χ2v) is 4.61. The molecule has 0 atom stereocenters. The van der Waals surface area contributed by atoms with Gasteiger partial charge in [-0.3, -0.25) is 4.98 Å². The van der Waals surface area contributed by atoms with Crippen molar-refractivity contribution in [3.63, 3.8) is 0 Å². The number of pyridine rings is 1. The molecule has 3 N–H and O–H groups in total. The number of rotatable bonds is 2. The van der Waals surface area contributed by atoms with Gasteiger partial charge in [-0.1, -0.05) is 23.7 Å². The Morgan fingerprint density at radius 3 is 2.63 bits per heavy atom. The molecule has 0 fully saturated rings. The van der Waals surface area contributed by atoms with Gasteiger partial charge < -0.3 is 11.1 Å². The number of hydrogen-bond acceptors (Lipinski definition) is 3. The molecular formula is C15H12ClN3. The van der Waals surface area contributed by atoms with Crippen molar-refractivity contribution in [2.75, 3.05) is 11.1 Å². The molecule has 0 aliphatic heterocycles. The Morgan fingerprint density at radius 1 is 0.947 bits per heavy atom. The average molecular weight is 270 g/mol. The Labute approximate surface area is 116 Å². The van der Waals surface area contributed by atoms with Gasteiger partial charge in [0.05, 0.1) is 21.9 Å². The van der Waals surface area contributed by atoms with Crippen LogP contribution in [0.1, 0.15) is 0 Å². The maximum absolute atomic E-state index is 6.15. The summed E-state index contributed by atoms with van der Waals surface area (Å²) in [6.07, 6.45) is 1.73.